The van der Waals surface area contributed by atoms with Crippen LogP contribution in [0, 0.1) is 6.92 Å². The van der Waals surface area contributed by atoms with Crippen molar-refractivity contribution in [2.75, 3.05) is 6.61 Å². The van der Waals surface area contributed by atoms with Crippen LogP contribution < -0.4 is 11.2 Å². The third-order valence-electron chi connectivity index (χ3n) is 2.84. The minimum atomic E-state index is -4.64. The number of nitrogens with zero attached hydrogens (tertiary/aromatic N) is 1. The van der Waals surface area contributed by atoms with Gasteiger partial charge in [-0.1, -0.05) is 0 Å². The van der Waals surface area contributed by atoms with Crippen molar-refractivity contribution in [3.63, 3.8) is 0 Å². The Balaban J connectivity index is 0.000000563. The van der Waals surface area contributed by atoms with Gasteiger partial charge in [0.2, 0.25) is 0 Å². The molecule has 1 aromatic rings. The van der Waals surface area contributed by atoms with Gasteiger partial charge in [-0.2, -0.15) is 0 Å². The third kappa shape index (κ3) is 12.0. The summed E-state index contributed by atoms with van der Waals surface area (Å²) in [5.41, 5.74) is -0.643. The molecule has 15 nitrogen and oxygen atoms in total. The fourth-order valence-corrected chi connectivity index (χ4v) is 1.85. The number of rotatable bonds is 2. The molecular formula is C10H20N2O13P2. The van der Waals surface area contributed by atoms with E-state index in [4.69, 9.17) is 48.3 Å². The first-order valence-electron chi connectivity index (χ1n) is 6.86. The fraction of sp³-hybridized carbons (Fsp3) is 0.600. The topological polar surface area (TPSA) is 260 Å². The van der Waals surface area contributed by atoms with E-state index in [1.54, 1.807) is 6.92 Å². The van der Waals surface area contributed by atoms with E-state index in [-0.39, 0.29) is 13.0 Å². The van der Waals surface area contributed by atoms with Gasteiger partial charge in [0.15, 0.2) is 0 Å². The number of aryl methyl sites for hydroxylation is 1. The van der Waals surface area contributed by atoms with Crippen LogP contribution in [-0.2, 0) is 13.9 Å². The van der Waals surface area contributed by atoms with Gasteiger partial charge in [0.25, 0.3) is 5.56 Å². The van der Waals surface area contributed by atoms with Gasteiger partial charge in [-0.15, -0.1) is 0 Å². The Morgan fingerprint density at radius 3 is 1.96 bits per heavy atom. The van der Waals surface area contributed by atoms with Crippen LogP contribution in [0.1, 0.15) is 18.2 Å². The van der Waals surface area contributed by atoms with E-state index in [0.29, 0.717) is 5.56 Å². The Morgan fingerprint density at radius 2 is 1.59 bits per heavy atom. The lowest BCUT2D eigenvalue weighted by Crippen LogP contribution is -2.33. The molecule has 27 heavy (non-hydrogen) atoms. The van der Waals surface area contributed by atoms with Crippen molar-refractivity contribution in [3.8, 4) is 0 Å². The van der Waals surface area contributed by atoms with E-state index < -0.39 is 45.3 Å². The number of hydrogen-bond acceptors (Lipinski definition) is 7. The van der Waals surface area contributed by atoms with E-state index in [1.165, 1.54) is 10.8 Å². The fourth-order valence-electron chi connectivity index (χ4n) is 1.85. The maximum Gasteiger partial charge on any atom is 0.466 e. The Bertz CT molecular complexity index is 772. The molecule has 1 fully saturated rings. The van der Waals surface area contributed by atoms with Crippen LogP contribution in [-0.4, -0.2) is 67.9 Å². The van der Waals surface area contributed by atoms with E-state index in [9.17, 15) is 14.7 Å². The van der Waals surface area contributed by atoms with Crippen molar-refractivity contribution >= 4 is 15.6 Å². The van der Waals surface area contributed by atoms with Crippen LogP contribution in [0.15, 0.2) is 15.8 Å². The zero-order valence-electron chi connectivity index (χ0n) is 13.7. The molecule has 0 bridgehead atoms. The zero-order chi connectivity index (χ0) is 21.6. The first-order valence-corrected chi connectivity index (χ1v) is 9.99. The summed E-state index contributed by atoms with van der Waals surface area (Å²) in [6.45, 7) is 1.26. The summed E-state index contributed by atoms with van der Waals surface area (Å²) in [5.74, 6) is 0. The highest BCUT2D eigenvalue weighted by Gasteiger charge is 2.34. The second-order valence-electron chi connectivity index (χ2n) is 5.12. The number of aromatic nitrogens is 2. The molecular weight excluding hydrogens is 418 g/mol. The number of hydrogen-bond donors (Lipinski definition) is 9. The molecule has 0 aromatic carbocycles. The number of aliphatic hydroxyl groups is 2. The Hall–Kier alpha value is -1.22. The maximum atomic E-state index is 11.6. The molecule has 1 saturated heterocycles. The highest BCUT2D eigenvalue weighted by atomic mass is 31.2. The minimum absolute atomic E-state index is 0.205. The molecule has 0 spiro atoms. The smallest absolute Gasteiger partial charge is 0.394 e. The summed E-state index contributed by atoms with van der Waals surface area (Å²) in [5, 5.41) is 18.5. The Morgan fingerprint density at radius 1 is 1.15 bits per heavy atom. The molecule has 9 N–H and O–H groups in total. The summed E-state index contributed by atoms with van der Waals surface area (Å²) in [7, 11) is -9.28. The highest BCUT2D eigenvalue weighted by Crippen LogP contribution is 2.27. The zero-order valence-corrected chi connectivity index (χ0v) is 15.5. The monoisotopic (exact) mass is 438 g/mol. The van der Waals surface area contributed by atoms with Gasteiger partial charge in [-0.25, -0.2) is 13.9 Å². The molecule has 0 aliphatic carbocycles. The predicted molar refractivity (Wildman–Crippen MR) is 86.2 cm³/mol. The lowest BCUT2D eigenvalue weighted by molar-refractivity contribution is -0.0459. The van der Waals surface area contributed by atoms with Crippen molar-refractivity contribution < 1.29 is 53.4 Å². The first kappa shape index (κ1) is 25.8. The standard InChI is InChI=1S/C10H14N2O5.2H3O4P/c1-5-3-12(10(16)11-9(5)15)8-2-6(14)7(4-13)17-8;2*1-5(2,3)4/h3,6-8,13-14H,2,4H2,1H3,(H,11,15,16);2*(H3,1,2,3,4)/t6-,7+,8+;;/m0../s1. The normalized spacial score (nSPS) is 22.3. The van der Waals surface area contributed by atoms with E-state index in [0.717, 1.165) is 0 Å². The summed E-state index contributed by atoms with van der Waals surface area (Å²) < 4.78 is 24.3. The lowest BCUT2D eigenvalue weighted by Gasteiger charge is -2.14. The van der Waals surface area contributed by atoms with Crippen molar-refractivity contribution in [3.05, 3.63) is 32.6 Å². The molecule has 1 aliphatic heterocycles. The van der Waals surface area contributed by atoms with Gasteiger partial charge >= 0.3 is 21.3 Å². The molecule has 0 unspecified atom stereocenters. The number of H-pyrrole nitrogens is 1. The number of aliphatic hydroxyl groups excluding tert-OH is 2. The van der Waals surface area contributed by atoms with Crippen molar-refractivity contribution in [1.82, 2.24) is 9.55 Å². The predicted octanol–water partition coefficient (Wildman–Crippen LogP) is -3.37. The third-order valence-corrected chi connectivity index (χ3v) is 2.84. The van der Waals surface area contributed by atoms with Gasteiger partial charge in [-0.05, 0) is 6.92 Å². The number of ether oxygens (including phenoxy) is 1. The highest BCUT2D eigenvalue weighted by molar-refractivity contribution is 7.45. The van der Waals surface area contributed by atoms with Crippen LogP contribution in [0.3, 0.4) is 0 Å². The van der Waals surface area contributed by atoms with Crippen LogP contribution in [0.5, 0.6) is 0 Å². The quantitative estimate of drug-likeness (QED) is 0.204. The van der Waals surface area contributed by atoms with Gasteiger partial charge in [0.1, 0.15) is 12.3 Å². The van der Waals surface area contributed by atoms with Crippen molar-refractivity contribution in [2.24, 2.45) is 0 Å². The van der Waals surface area contributed by atoms with Gasteiger partial charge < -0.3 is 44.3 Å². The van der Waals surface area contributed by atoms with Crippen LogP contribution in [0.2, 0.25) is 0 Å². The number of aromatic amines is 1. The summed E-state index contributed by atoms with van der Waals surface area (Å²) in [6, 6.07) is 0. The van der Waals surface area contributed by atoms with Crippen molar-refractivity contribution in [2.45, 2.75) is 31.8 Å². The molecule has 158 valence electrons. The van der Waals surface area contributed by atoms with E-state index in [1.807, 2.05) is 0 Å². The molecule has 1 aromatic heterocycles. The maximum absolute atomic E-state index is 11.6. The summed E-state index contributed by atoms with van der Waals surface area (Å²) in [4.78, 5) is 68.0. The van der Waals surface area contributed by atoms with Gasteiger partial charge in [0.05, 0.1) is 12.7 Å². The van der Waals surface area contributed by atoms with Gasteiger partial charge in [-0.3, -0.25) is 14.3 Å². The number of phosphoric acid groups is 2. The minimum Gasteiger partial charge on any atom is -0.394 e. The van der Waals surface area contributed by atoms with Crippen LogP contribution in [0.4, 0.5) is 0 Å². The van der Waals surface area contributed by atoms with Crippen LogP contribution in [0.25, 0.3) is 0 Å². The molecule has 0 radical (unpaired) electrons. The molecule has 0 saturated carbocycles. The molecule has 3 atom stereocenters. The van der Waals surface area contributed by atoms with E-state index >= 15 is 0 Å². The first-order chi connectivity index (χ1) is 12.0. The average molecular weight is 438 g/mol. The average Bonchev–Trinajstić information content (AvgIpc) is 2.80. The van der Waals surface area contributed by atoms with Crippen LogP contribution >= 0.6 is 15.6 Å². The molecule has 2 heterocycles. The summed E-state index contributed by atoms with van der Waals surface area (Å²) >= 11 is 0. The Labute approximate surface area is 150 Å². The van der Waals surface area contributed by atoms with Crippen molar-refractivity contribution in [1.29, 1.82) is 0 Å². The number of nitrogens with one attached hydrogen (secondary N) is 1. The van der Waals surface area contributed by atoms with E-state index in [2.05, 4.69) is 4.98 Å². The molecule has 1 aliphatic rings. The second-order valence-corrected chi connectivity index (χ2v) is 7.17. The Kier molecular flexibility index (Phi) is 9.89. The molecule has 0 amide bonds. The van der Waals surface area contributed by atoms with Gasteiger partial charge in [0, 0.05) is 18.2 Å². The lowest BCUT2D eigenvalue weighted by atomic mass is 10.2. The SMILES string of the molecule is Cc1cn([C@H]2C[C@H](O)[C@@H](CO)O2)c(=O)[nH]c1=O.O=P(O)(O)O.O=P(O)(O)O. The largest absolute Gasteiger partial charge is 0.466 e. The molecule has 2 rings (SSSR count). The summed E-state index contributed by atoms with van der Waals surface area (Å²) in [6.07, 6.45) is -0.581. The molecule has 17 heteroatoms. The second kappa shape index (κ2) is 10.4.